The number of benzene rings is 1. The number of amides is 1. The summed E-state index contributed by atoms with van der Waals surface area (Å²) in [5, 5.41) is 0.600. The van der Waals surface area contributed by atoms with Crippen molar-refractivity contribution in [1.82, 2.24) is 19.8 Å². The zero-order chi connectivity index (χ0) is 27.7. The molecule has 4 saturated heterocycles. The number of piperazine rings is 1. The monoisotopic (exact) mass is 719 g/mol. The Labute approximate surface area is 249 Å². The number of carbonyl (C=O) groups is 1. The van der Waals surface area contributed by atoms with Gasteiger partial charge in [0.1, 0.15) is 29.7 Å². The Morgan fingerprint density at radius 3 is 2.64 bits per heavy atom. The van der Waals surface area contributed by atoms with Crippen LogP contribution in [0.1, 0.15) is 52.9 Å². The molecule has 0 N–H and O–H groups in total. The molecule has 0 spiro atoms. The number of nitrogens with zero attached hydrogens (tertiary/aromatic N) is 5. The van der Waals surface area contributed by atoms with Crippen molar-refractivity contribution < 1.29 is 23.0 Å². The van der Waals surface area contributed by atoms with Gasteiger partial charge >= 0.3 is 12.1 Å². The number of hydrogen-bond donors (Lipinski definition) is 0. The zero-order valence-corrected chi connectivity index (χ0v) is 26.1. The van der Waals surface area contributed by atoms with Crippen LogP contribution in [0.15, 0.2) is 10.5 Å². The fourth-order valence-corrected chi connectivity index (χ4v) is 7.63. The molecular weight excluding hydrogens is 687 g/mol. The smallest absolute Gasteiger partial charge is 0.410 e. The van der Waals surface area contributed by atoms with Crippen molar-refractivity contribution in [2.45, 2.75) is 82.3 Å². The van der Waals surface area contributed by atoms with E-state index < -0.39 is 17.6 Å². The zero-order valence-electron chi connectivity index (χ0n) is 22.4. The van der Waals surface area contributed by atoms with E-state index in [1.54, 1.807) is 0 Å². The first-order valence-electron chi connectivity index (χ1n) is 13.6. The molecule has 6 rings (SSSR count). The third-order valence-electron chi connectivity index (χ3n) is 8.40. The Hall–Kier alpha value is -1.54. The molecule has 2 unspecified atom stereocenters. The number of ether oxygens (including phenoxy) is 2. The molecular formula is C27H33BrF2IN5O3. The van der Waals surface area contributed by atoms with Crippen LogP contribution in [0.2, 0.25) is 0 Å². The summed E-state index contributed by atoms with van der Waals surface area (Å²) in [5.74, 6) is 0.127. The first-order chi connectivity index (χ1) is 18.4. The van der Waals surface area contributed by atoms with Gasteiger partial charge in [0.25, 0.3) is 0 Å². The number of alkyl halides is 1. The van der Waals surface area contributed by atoms with Gasteiger partial charge in [0.05, 0.1) is 22.1 Å². The Morgan fingerprint density at radius 1 is 1.23 bits per heavy atom. The van der Waals surface area contributed by atoms with Crippen LogP contribution in [0.25, 0.3) is 10.9 Å². The molecule has 1 amide bonds. The van der Waals surface area contributed by atoms with E-state index in [1.807, 2.05) is 31.7 Å². The second-order valence-corrected chi connectivity index (χ2v) is 14.2. The van der Waals surface area contributed by atoms with Crippen molar-refractivity contribution >= 4 is 61.3 Å². The Morgan fingerprint density at radius 2 is 1.95 bits per heavy atom. The molecule has 0 saturated carbocycles. The molecule has 4 fully saturated rings. The van der Waals surface area contributed by atoms with Gasteiger partial charge in [0, 0.05) is 35.0 Å². The summed E-state index contributed by atoms with van der Waals surface area (Å²) in [6.45, 7) is 8.27. The molecule has 1 aromatic carbocycles. The van der Waals surface area contributed by atoms with Crippen molar-refractivity contribution in [3.05, 3.63) is 19.9 Å². The Kier molecular flexibility index (Phi) is 7.13. The fraction of sp³-hybridized carbons (Fsp3) is 0.667. The van der Waals surface area contributed by atoms with E-state index in [4.69, 9.17) is 14.5 Å². The predicted octanol–water partition coefficient (Wildman–Crippen LogP) is 5.68. The maximum atomic E-state index is 15.5. The number of rotatable bonds is 4. The summed E-state index contributed by atoms with van der Waals surface area (Å²) in [7, 11) is 0. The van der Waals surface area contributed by atoms with Crippen molar-refractivity contribution in [1.29, 1.82) is 0 Å². The Balaban J connectivity index is 1.32. The van der Waals surface area contributed by atoms with Crippen molar-refractivity contribution in [3.63, 3.8) is 0 Å². The lowest BCUT2D eigenvalue weighted by molar-refractivity contribution is 0.0122. The number of hydrogen-bond acceptors (Lipinski definition) is 7. The second kappa shape index (κ2) is 10.1. The van der Waals surface area contributed by atoms with E-state index in [-0.39, 0.29) is 41.8 Å². The third-order valence-corrected chi connectivity index (χ3v) is 10.8. The van der Waals surface area contributed by atoms with Gasteiger partial charge in [0.15, 0.2) is 5.82 Å². The van der Waals surface area contributed by atoms with E-state index in [0.29, 0.717) is 45.3 Å². The van der Waals surface area contributed by atoms with Crippen molar-refractivity contribution in [2.75, 3.05) is 37.7 Å². The fourth-order valence-electron chi connectivity index (χ4n) is 6.78. The second-order valence-electron chi connectivity index (χ2n) is 12.3. The number of halogens is 4. The molecule has 0 aliphatic carbocycles. The minimum absolute atomic E-state index is 0.0294. The lowest BCUT2D eigenvalue weighted by Gasteiger charge is -2.42. The van der Waals surface area contributed by atoms with Gasteiger partial charge in [0.2, 0.25) is 0 Å². The first kappa shape index (κ1) is 27.6. The highest BCUT2D eigenvalue weighted by Crippen LogP contribution is 2.42. The quantitative estimate of drug-likeness (QED) is 0.298. The minimum atomic E-state index is -0.866. The van der Waals surface area contributed by atoms with Crippen LogP contribution in [0, 0.1) is 9.39 Å². The predicted molar refractivity (Wildman–Crippen MR) is 156 cm³/mol. The van der Waals surface area contributed by atoms with E-state index in [2.05, 4.69) is 53.3 Å². The largest absolute Gasteiger partial charge is 0.461 e. The maximum absolute atomic E-state index is 15.5. The van der Waals surface area contributed by atoms with Crippen molar-refractivity contribution in [2.24, 2.45) is 0 Å². The highest BCUT2D eigenvalue weighted by molar-refractivity contribution is 14.1. The lowest BCUT2D eigenvalue weighted by atomic mass is 9.95. The highest BCUT2D eigenvalue weighted by atomic mass is 127. The van der Waals surface area contributed by atoms with E-state index in [1.165, 1.54) is 0 Å². The van der Waals surface area contributed by atoms with Crippen LogP contribution in [0.3, 0.4) is 0 Å². The highest BCUT2D eigenvalue weighted by Gasteiger charge is 2.50. The van der Waals surface area contributed by atoms with Crippen LogP contribution in [0.4, 0.5) is 19.4 Å². The molecule has 4 aliphatic heterocycles. The minimum Gasteiger partial charge on any atom is -0.461 e. The topological polar surface area (TPSA) is 71.0 Å². The summed E-state index contributed by atoms with van der Waals surface area (Å²) in [5.41, 5.74) is -0.749. The molecule has 2 aromatic rings. The molecule has 5 heterocycles. The normalized spacial score (nSPS) is 28.8. The van der Waals surface area contributed by atoms with E-state index in [0.717, 1.165) is 32.2 Å². The average molecular weight is 720 g/mol. The van der Waals surface area contributed by atoms with Crippen LogP contribution in [-0.2, 0) is 4.74 Å². The molecule has 212 valence electrons. The number of aromatic nitrogens is 2. The summed E-state index contributed by atoms with van der Waals surface area (Å²) >= 11 is 5.45. The molecule has 4 aliphatic rings. The maximum Gasteiger partial charge on any atom is 0.410 e. The van der Waals surface area contributed by atoms with Gasteiger partial charge < -0.3 is 14.4 Å². The summed E-state index contributed by atoms with van der Waals surface area (Å²) in [6, 6.07) is 1.92. The van der Waals surface area contributed by atoms with Crippen LogP contribution >= 0.6 is 38.5 Å². The van der Waals surface area contributed by atoms with Gasteiger partial charge in [-0.3, -0.25) is 9.80 Å². The van der Waals surface area contributed by atoms with E-state index in [9.17, 15) is 9.18 Å². The molecule has 12 heteroatoms. The molecule has 2 bridgehead atoms. The van der Waals surface area contributed by atoms with Crippen LogP contribution < -0.4 is 9.64 Å². The average Bonchev–Trinajstić information content (AvgIpc) is 3.47. The third kappa shape index (κ3) is 5.06. The number of anilines is 1. The van der Waals surface area contributed by atoms with Gasteiger partial charge in [-0.05, 0) is 97.6 Å². The summed E-state index contributed by atoms with van der Waals surface area (Å²) in [6.07, 6.45) is 2.88. The lowest BCUT2D eigenvalue weighted by Crippen LogP contribution is -2.57. The standard InChI is InChI=1S/C27H33BrF2IN5O3/c1-26(2,3)39-25(37)36-16-5-6-17(36)13-34(12-16)23-18-9-19(31)20(28)21(30)22(18)32-24(33-23)38-14-27-7-4-8-35(27)11-15(29)10-27/h9,15-17H,4-8,10-14H2,1-3H3/t15-,16?,17?,27+/m1/s1. The van der Waals surface area contributed by atoms with Gasteiger partial charge in [-0.25, -0.2) is 13.6 Å². The molecule has 4 atom stereocenters. The summed E-state index contributed by atoms with van der Waals surface area (Å²) < 4.78 is 42.8. The molecule has 39 heavy (non-hydrogen) atoms. The molecule has 1 aromatic heterocycles. The first-order valence-corrected chi connectivity index (χ1v) is 15.4. The number of fused-ring (bicyclic) bond motifs is 4. The van der Waals surface area contributed by atoms with Gasteiger partial charge in [-0.1, -0.05) is 0 Å². The SMILES string of the molecule is CC(C)(C)OC(=O)N1C2CCC1CN(c1nc(OC[C@@]34CCCN3C[C@H](F)C4)nc3c(F)c(Br)c(I)cc13)C2. The molecule has 8 nitrogen and oxygen atoms in total. The van der Waals surface area contributed by atoms with E-state index >= 15 is 4.39 Å². The van der Waals surface area contributed by atoms with Gasteiger partial charge in [-0.2, -0.15) is 9.97 Å². The summed E-state index contributed by atoms with van der Waals surface area (Å²) in [4.78, 5) is 28.5. The molecule has 0 radical (unpaired) electrons. The van der Waals surface area contributed by atoms with Crippen molar-refractivity contribution in [3.8, 4) is 6.01 Å². The Bertz CT molecular complexity index is 1300. The van der Waals surface area contributed by atoms with Gasteiger partial charge in [-0.15, -0.1) is 0 Å². The number of carbonyl (C=O) groups excluding carboxylic acids is 1. The van der Waals surface area contributed by atoms with Crippen LogP contribution in [-0.4, -0.2) is 88.0 Å². The van der Waals surface area contributed by atoms with Crippen LogP contribution in [0.5, 0.6) is 6.01 Å².